The Morgan fingerprint density at radius 2 is 2.00 bits per heavy atom. The Labute approximate surface area is 168 Å². The van der Waals surface area contributed by atoms with E-state index < -0.39 is 0 Å². The first-order chi connectivity index (χ1) is 13.2. The van der Waals surface area contributed by atoms with Crippen LogP contribution in [0.25, 0.3) is 0 Å². The SMILES string of the molecule is O=C(Nc1ccc(Br)cc1)N(CCc1ccccn1)CC1CC2C=CC1C2. The van der Waals surface area contributed by atoms with E-state index in [2.05, 4.69) is 38.4 Å². The van der Waals surface area contributed by atoms with Gasteiger partial charge in [-0.25, -0.2) is 4.79 Å². The van der Waals surface area contributed by atoms with Crippen molar-refractivity contribution in [3.63, 3.8) is 0 Å². The summed E-state index contributed by atoms with van der Waals surface area (Å²) in [6, 6.07) is 13.6. The Morgan fingerprint density at radius 1 is 1.15 bits per heavy atom. The number of amides is 2. The van der Waals surface area contributed by atoms with E-state index in [0.717, 1.165) is 28.8 Å². The Hall–Kier alpha value is -2.14. The second kappa shape index (κ2) is 8.26. The molecule has 0 spiro atoms. The average Bonchev–Trinajstić information content (AvgIpc) is 3.31. The number of aromatic nitrogens is 1. The van der Waals surface area contributed by atoms with E-state index in [0.29, 0.717) is 24.3 Å². The summed E-state index contributed by atoms with van der Waals surface area (Å²) in [4.78, 5) is 19.3. The lowest BCUT2D eigenvalue weighted by Gasteiger charge is -2.29. The molecule has 5 heteroatoms. The smallest absolute Gasteiger partial charge is 0.321 e. The van der Waals surface area contributed by atoms with Crippen molar-refractivity contribution in [3.05, 3.63) is 71.0 Å². The standard InChI is InChI=1S/C22H24BrN3O/c23-19-6-8-21(9-7-19)25-22(27)26(12-10-20-3-1-2-11-24-20)15-18-14-16-4-5-17(18)13-16/h1-9,11,16-18H,10,12-15H2,(H,25,27). The van der Waals surface area contributed by atoms with Crippen LogP contribution < -0.4 is 5.32 Å². The van der Waals surface area contributed by atoms with E-state index in [1.807, 2.05) is 53.6 Å². The van der Waals surface area contributed by atoms with Crippen LogP contribution in [-0.4, -0.2) is 29.0 Å². The highest BCUT2D eigenvalue weighted by Crippen LogP contribution is 2.43. The molecular formula is C22H24BrN3O. The molecule has 1 heterocycles. The fourth-order valence-corrected chi connectivity index (χ4v) is 4.46. The van der Waals surface area contributed by atoms with Gasteiger partial charge in [0.15, 0.2) is 0 Å². The first kappa shape index (κ1) is 18.2. The first-order valence-electron chi connectivity index (χ1n) is 9.57. The summed E-state index contributed by atoms with van der Waals surface area (Å²) >= 11 is 3.43. The van der Waals surface area contributed by atoms with Crippen molar-refractivity contribution in [2.75, 3.05) is 18.4 Å². The number of hydrogen-bond acceptors (Lipinski definition) is 2. The molecule has 0 radical (unpaired) electrons. The van der Waals surface area contributed by atoms with Gasteiger partial charge >= 0.3 is 6.03 Å². The third kappa shape index (κ3) is 4.59. The molecule has 1 fully saturated rings. The number of carbonyl (C=O) groups excluding carboxylic acids is 1. The van der Waals surface area contributed by atoms with Crippen molar-refractivity contribution in [1.82, 2.24) is 9.88 Å². The van der Waals surface area contributed by atoms with E-state index in [9.17, 15) is 4.79 Å². The predicted molar refractivity (Wildman–Crippen MR) is 112 cm³/mol. The number of fused-ring (bicyclic) bond motifs is 2. The number of rotatable bonds is 6. The summed E-state index contributed by atoms with van der Waals surface area (Å²) in [5, 5.41) is 3.05. The Bertz CT molecular complexity index is 806. The maximum Gasteiger partial charge on any atom is 0.321 e. The van der Waals surface area contributed by atoms with Gasteiger partial charge in [0.2, 0.25) is 0 Å². The van der Waals surface area contributed by atoms with Crippen LogP contribution in [0.3, 0.4) is 0 Å². The number of halogens is 1. The van der Waals surface area contributed by atoms with Crippen LogP contribution in [0.1, 0.15) is 18.5 Å². The van der Waals surface area contributed by atoms with E-state index in [-0.39, 0.29) is 6.03 Å². The van der Waals surface area contributed by atoms with Crippen molar-refractivity contribution >= 4 is 27.6 Å². The van der Waals surface area contributed by atoms with Crippen LogP contribution in [0.5, 0.6) is 0 Å². The summed E-state index contributed by atoms with van der Waals surface area (Å²) in [5.41, 5.74) is 1.84. The van der Waals surface area contributed by atoms with Gasteiger partial charge in [0.1, 0.15) is 0 Å². The fourth-order valence-electron chi connectivity index (χ4n) is 4.19. The van der Waals surface area contributed by atoms with Crippen molar-refractivity contribution in [2.24, 2.45) is 17.8 Å². The number of nitrogens with one attached hydrogen (secondary N) is 1. The zero-order valence-corrected chi connectivity index (χ0v) is 16.8. The lowest BCUT2D eigenvalue weighted by atomic mass is 9.93. The van der Waals surface area contributed by atoms with Gasteiger partial charge in [-0.15, -0.1) is 0 Å². The molecule has 3 unspecified atom stereocenters. The average molecular weight is 426 g/mol. The van der Waals surface area contributed by atoms with Crippen LogP contribution >= 0.6 is 15.9 Å². The van der Waals surface area contributed by atoms with E-state index in [1.54, 1.807) is 0 Å². The van der Waals surface area contributed by atoms with Gasteiger partial charge in [0.05, 0.1) is 0 Å². The summed E-state index contributed by atoms with van der Waals surface area (Å²) in [6.07, 6.45) is 9.73. The number of benzene rings is 1. The third-order valence-electron chi connectivity index (χ3n) is 5.62. The van der Waals surface area contributed by atoms with Gasteiger partial charge in [-0.05, 0) is 67.0 Å². The molecule has 2 aromatic rings. The van der Waals surface area contributed by atoms with Crippen LogP contribution in [0.2, 0.25) is 0 Å². The molecule has 2 aliphatic rings. The Morgan fingerprint density at radius 3 is 2.67 bits per heavy atom. The number of urea groups is 1. The normalized spacial score (nSPS) is 22.8. The molecule has 2 aliphatic carbocycles. The highest BCUT2D eigenvalue weighted by molar-refractivity contribution is 9.10. The van der Waals surface area contributed by atoms with E-state index in [1.165, 1.54) is 12.8 Å². The van der Waals surface area contributed by atoms with Crippen molar-refractivity contribution in [2.45, 2.75) is 19.3 Å². The van der Waals surface area contributed by atoms with Gasteiger partial charge in [0, 0.05) is 41.6 Å². The van der Waals surface area contributed by atoms with Crippen LogP contribution in [0.4, 0.5) is 10.5 Å². The lowest BCUT2D eigenvalue weighted by molar-refractivity contribution is 0.196. The largest absolute Gasteiger partial charge is 0.324 e. The maximum absolute atomic E-state index is 13.0. The summed E-state index contributed by atoms with van der Waals surface area (Å²) < 4.78 is 1.00. The molecular weight excluding hydrogens is 402 g/mol. The molecule has 2 amide bonds. The summed E-state index contributed by atoms with van der Waals surface area (Å²) in [5.74, 6) is 1.92. The highest BCUT2D eigenvalue weighted by atomic mass is 79.9. The molecule has 0 aliphatic heterocycles. The molecule has 3 atom stereocenters. The minimum absolute atomic E-state index is 0.0278. The number of nitrogens with zero attached hydrogens (tertiary/aromatic N) is 2. The Kier molecular flexibility index (Phi) is 5.58. The van der Waals surface area contributed by atoms with Crippen LogP contribution in [0.15, 0.2) is 65.3 Å². The van der Waals surface area contributed by atoms with Gasteiger partial charge in [0.25, 0.3) is 0 Å². The predicted octanol–water partition coefficient (Wildman–Crippen LogP) is 5.13. The Balaban J connectivity index is 1.43. The second-order valence-corrected chi connectivity index (χ2v) is 8.41. The van der Waals surface area contributed by atoms with E-state index in [4.69, 9.17) is 0 Å². The molecule has 140 valence electrons. The molecule has 2 bridgehead atoms. The van der Waals surface area contributed by atoms with E-state index >= 15 is 0 Å². The van der Waals surface area contributed by atoms with Crippen molar-refractivity contribution < 1.29 is 4.79 Å². The summed E-state index contributed by atoms with van der Waals surface area (Å²) in [7, 11) is 0. The molecule has 0 saturated heterocycles. The zero-order chi connectivity index (χ0) is 18.6. The third-order valence-corrected chi connectivity index (χ3v) is 6.15. The van der Waals surface area contributed by atoms with Crippen molar-refractivity contribution in [3.8, 4) is 0 Å². The molecule has 4 nitrogen and oxygen atoms in total. The van der Waals surface area contributed by atoms with Gasteiger partial charge in [-0.2, -0.15) is 0 Å². The lowest BCUT2D eigenvalue weighted by Crippen LogP contribution is -2.40. The minimum atomic E-state index is -0.0278. The molecule has 1 aromatic carbocycles. The number of pyridine rings is 1. The summed E-state index contributed by atoms with van der Waals surface area (Å²) in [6.45, 7) is 1.48. The molecule has 1 aromatic heterocycles. The topological polar surface area (TPSA) is 45.2 Å². The molecule has 4 rings (SSSR count). The molecule has 1 saturated carbocycles. The van der Waals surface area contributed by atoms with Gasteiger partial charge in [-0.1, -0.05) is 34.1 Å². The molecule has 1 N–H and O–H groups in total. The highest BCUT2D eigenvalue weighted by Gasteiger charge is 2.37. The zero-order valence-electron chi connectivity index (χ0n) is 15.2. The fraction of sp³-hybridized carbons (Fsp3) is 0.364. The minimum Gasteiger partial charge on any atom is -0.324 e. The quantitative estimate of drug-likeness (QED) is 0.651. The van der Waals surface area contributed by atoms with Gasteiger partial charge < -0.3 is 10.2 Å². The first-order valence-corrected chi connectivity index (χ1v) is 10.4. The number of carbonyl (C=O) groups is 1. The number of allylic oxidation sites excluding steroid dienone is 2. The number of hydrogen-bond donors (Lipinski definition) is 1. The maximum atomic E-state index is 13.0. The second-order valence-electron chi connectivity index (χ2n) is 7.49. The van der Waals surface area contributed by atoms with Crippen LogP contribution in [0, 0.1) is 17.8 Å². The molecule has 27 heavy (non-hydrogen) atoms. The monoisotopic (exact) mass is 425 g/mol. The number of anilines is 1. The van der Waals surface area contributed by atoms with Gasteiger partial charge in [-0.3, -0.25) is 4.98 Å². The van der Waals surface area contributed by atoms with Crippen LogP contribution in [-0.2, 0) is 6.42 Å². The van der Waals surface area contributed by atoms with Crippen molar-refractivity contribution in [1.29, 1.82) is 0 Å².